The molecule has 254 valence electrons. The standard InChI is InChI=1S/C53H37N/c1-4-19-38(20-5-1)40-23-16-24-41(37-40)45-30-13-15-34-49(45)54(50-35-17-22-39-21-10-11-29-44(39)50)51-36-18-33-48-52(51)46-31-12-14-32-47(46)53(48,42-25-6-2-7-26-42)43-27-8-3-9-28-43/h1-37H. The number of rotatable bonds is 7. The van der Waals surface area contributed by atoms with Crippen LogP contribution in [0.15, 0.2) is 224 Å². The van der Waals surface area contributed by atoms with Crippen LogP contribution in [0, 0.1) is 0 Å². The summed E-state index contributed by atoms with van der Waals surface area (Å²) in [6.07, 6.45) is 0. The maximum absolute atomic E-state index is 2.52. The predicted octanol–water partition coefficient (Wildman–Crippen LogP) is 14.0. The van der Waals surface area contributed by atoms with E-state index in [1.54, 1.807) is 0 Å². The highest BCUT2D eigenvalue weighted by Gasteiger charge is 2.47. The van der Waals surface area contributed by atoms with Crippen LogP contribution in [-0.4, -0.2) is 0 Å². The molecule has 0 saturated carbocycles. The van der Waals surface area contributed by atoms with Crippen molar-refractivity contribution in [2.24, 2.45) is 0 Å². The predicted molar refractivity (Wildman–Crippen MR) is 227 cm³/mol. The van der Waals surface area contributed by atoms with E-state index in [1.807, 2.05) is 0 Å². The summed E-state index contributed by atoms with van der Waals surface area (Å²) >= 11 is 0. The first kappa shape index (κ1) is 31.7. The first-order valence-electron chi connectivity index (χ1n) is 18.7. The Hall–Kier alpha value is -6.96. The van der Waals surface area contributed by atoms with Gasteiger partial charge in [0.05, 0.1) is 22.5 Å². The lowest BCUT2D eigenvalue weighted by Crippen LogP contribution is -2.28. The maximum atomic E-state index is 2.52. The van der Waals surface area contributed by atoms with Crippen molar-refractivity contribution in [3.8, 4) is 33.4 Å². The average Bonchev–Trinajstić information content (AvgIpc) is 3.57. The van der Waals surface area contributed by atoms with Gasteiger partial charge in [-0.15, -0.1) is 0 Å². The molecule has 0 bridgehead atoms. The van der Waals surface area contributed by atoms with Crippen molar-refractivity contribution in [1.29, 1.82) is 0 Å². The first-order valence-corrected chi connectivity index (χ1v) is 18.7. The van der Waals surface area contributed by atoms with Crippen LogP contribution in [0.2, 0.25) is 0 Å². The molecule has 1 aliphatic carbocycles. The highest BCUT2D eigenvalue weighted by Crippen LogP contribution is 2.60. The van der Waals surface area contributed by atoms with E-state index in [0.29, 0.717) is 0 Å². The van der Waals surface area contributed by atoms with E-state index in [4.69, 9.17) is 0 Å². The fourth-order valence-corrected chi connectivity index (χ4v) is 8.86. The molecule has 0 aromatic heterocycles. The van der Waals surface area contributed by atoms with Crippen molar-refractivity contribution in [3.63, 3.8) is 0 Å². The van der Waals surface area contributed by atoms with Crippen molar-refractivity contribution in [1.82, 2.24) is 0 Å². The molecule has 0 fully saturated rings. The van der Waals surface area contributed by atoms with Crippen LogP contribution in [0.4, 0.5) is 17.1 Å². The summed E-state index contributed by atoms with van der Waals surface area (Å²) in [6, 6.07) is 82.0. The highest BCUT2D eigenvalue weighted by atomic mass is 15.1. The molecule has 0 N–H and O–H groups in total. The second-order valence-corrected chi connectivity index (χ2v) is 14.0. The molecule has 0 atom stereocenters. The zero-order valence-corrected chi connectivity index (χ0v) is 29.8. The second kappa shape index (κ2) is 13.2. The molecule has 54 heavy (non-hydrogen) atoms. The van der Waals surface area contributed by atoms with E-state index >= 15 is 0 Å². The first-order chi connectivity index (χ1) is 26.8. The molecular weight excluding hydrogens is 651 g/mol. The lowest BCUT2D eigenvalue weighted by Gasteiger charge is -2.35. The molecule has 0 spiro atoms. The summed E-state index contributed by atoms with van der Waals surface area (Å²) in [5, 5.41) is 2.41. The topological polar surface area (TPSA) is 3.24 Å². The molecule has 0 saturated heterocycles. The van der Waals surface area contributed by atoms with Gasteiger partial charge in [0.15, 0.2) is 0 Å². The minimum Gasteiger partial charge on any atom is -0.309 e. The van der Waals surface area contributed by atoms with Crippen molar-refractivity contribution in [3.05, 3.63) is 247 Å². The van der Waals surface area contributed by atoms with Gasteiger partial charge < -0.3 is 4.90 Å². The van der Waals surface area contributed by atoms with Gasteiger partial charge in [-0.25, -0.2) is 0 Å². The zero-order valence-electron chi connectivity index (χ0n) is 29.8. The van der Waals surface area contributed by atoms with Gasteiger partial charge in [0.2, 0.25) is 0 Å². The Bertz CT molecular complexity index is 2720. The summed E-state index contributed by atoms with van der Waals surface area (Å²) in [6.45, 7) is 0. The largest absolute Gasteiger partial charge is 0.309 e. The maximum Gasteiger partial charge on any atom is 0.0714 e. The van der Waals surface area contributed by atoms with Gasteiger partial charge in [-0.05, 0) is 74.2 Å². The number of benzene rings is 9. The van der Waals surface area contributed by atoms with Crippen LogP contribution in [0.5, 0.6) is 0 Å². The Morgan fingerprint density at radius 3 is 1.59 bits per heavy atom. The van der Waals surface area contributed by atoms with E-state index in [1.165, 1.54) is 66.4 Å². The summed E-state index contributed by atoms with van der Waals surface area (Å²) in [5.74, 6) is 0. The van der Waals surface area contributed by atoms with Gasteiger partial charge in [-0.2, -0.15) is 0 Å². The second-order valence-electron chi connectivity index (χ2n) is 14.0. The van der Waals surface area contributed by atoms with Gasteiger partial charge in [0.1, 0.15) is 0 Å². The monoisotopic (exact) mass is 687 g/mol. The molecule has 0 aliphatic heterocycles. The smallest absolute Gasteiger partial charge is 0.0714 e. The van der Waals surface area contributed by atoms with Crippen molar-refractivity contribution in [2.45, 2.75) is 5.41 Å². The number of anilines is 3. The quantitative estimate of drug-likeness (QED) is 0.161. The third-order valence-corrected chi connectivity index (χ3v) is 11.1. The third kappa shape index (κ3) is 5.01. The Kier molecular flexibility index (Phi) is 7.78. The van der Waals surface area contributed by atoms with Crippen molar-refractivity contribution >= 4 is 27.8 Å². The van der Waals surface area contributed by atoms with Gasteiger partial charge in [0.25, 0.3) is 0 Å². The lowest BCUT2D eigenvalue weighted by molar-refractivity contribution is 0.768. The van der Waals surface area contributed by atoms with E-state index in [-0.39, 0.29) is 0 Å². The minimum atomic E-state index is -0.502. The zero-order chi connectivity index (χ0) is 35.9. The molecule has 1 nitrogen and oxygen atoms in total. The molecule has 1 aliphatic rings. The normalized spacial score (nSPS) is 12.6. The van der Waals surface area contributed by atoms with Gasteiger partial charge >= 0.3 is 0 Å². The van der Waals surface area contributed by atoms with E-state index in [9.17, 15) is 0 Å². The molecule has 10 rings (SSSR count). The molecular formula is C53H37N. The molecule has 0 unspecified atom stereocenters. The number of nitrogens with zero attached hydrogens (tertiary/aromatic N) is 1. The fraction of sp³-hybridized carbons (Fsp3) is 0.0189. The Balaban J connectivity index is 1.29. The fourth-order valence-electron chi connectivity index (χ4n) is 8.86. The molecule has 0 amide bonds. The SMILES string of the molecule is c1ccc(-c2cccc(-c3ccccc3N(c3cccc4c3-c3ccccc3C4(c3ccccc3)c3ccccc3)c3cccc4ccccc34)c2)cc1. The van der Waals surface area contributed by atoms with Crippen LogP contribution >= 0.6 is 0 Å². The molecule has 9 aromatic rings. The Morgan fingerprint density at radius 1 is 0.315 bits per heavy atom. The molecule has 0 radical (unpaired) electrons. The lowest BCUT2D eigenvalue weighted by atomic mass is 9.68. The Morgan fingerprint density at radius 2 is 0.815 bits per heavy atom. The van der Waals surface area contributed by atoms with Crippen LogP contribution in [0.1, 0.15) is 22.3 Å². The molecule has 9 aromatic carbocycles. The highest BCUT2D eigenvalue weighted by molar-refractivity contribution is 6.05. The van der Waals surface area contributed by atoms with Gasteiger partial charge in [0, 0.05) is 16.5 Å². The van der Waals surface area contributed by atoms with E-state index < -0.39 is 5.41 Å². The molecule has 0 heterocycles. The van der Waals surface area contributed by atoms with Crippen LogP contribution in [-0.2, 0) is 5.41 Å². The summed E-state index contributed by atoms with van der Waals surface area (Å²) in [5.41, 5.74) is 15.3. The van der Waals surface area contributed by atoms with Crippen molar-refractivity contribution in [2.75, 3.05) is 4.90 Å². The van der Waals surface area contributed by atoms with Gasteiger partial charge in [-0.1, -0.05) is 200 Å². The average molecular weight is 688 g/mol. The number of hydrogen-bond donors (Lipinski definition) is 0. The third-order valence-electron chi connectivity index (χ3n) is 11.1. The minimum absolute atomic E-state index is 0.502. The number of hydrogen-bond acceptors (Lipinski definition) is 1. The van der Waals surface area contributed by atoms with Crippen LogP contribution in [0.3, 0.4) is 0 Å². The number of para-hydroxylation sites is 1. The number of fused-ring (bicyclic) bond motifs is 4. The van der Waals surface area contributed by atoms with Gasteiger partial charge in [-0.3, -0.25) is 0 Å². The summed E-state index contributed by atoms with van der Waals surface area (Å²) < 4.78 is 0. The summed E-state index contributed by atoms with van der Waals surface area (Å²) in [7, 11) is 0. The molecule has 1 heteroatoms. The van der Waals surface area contributed by atoms with Crippen molar-refractivity contribution < 1.29 is 0 Å². The summed E-state index contributed by atoms with van der Waals surface area (Å²) in [4.78, 5) is 2.52. The van der Waals surface area contributed by atoms with Crippen LogP contribution in [0.25, 0.3) is 44.2 Å². The van der Waals surface area contributed by atoms with E-state index in [2.05, 4.69) is 229 Å². The van der Waals surface area contributed by atoms with E-state index in [0.717, 1.165) is 17.1 Å². The Labute approximate surface area is 317 Å². The van der Waals surface area contributed by atoms with Crippen LogP contribution < -0.4 is 4.90 Å².